The van der Waals surface area contributed by atoms with Crippen LogP contribution in [0.15, 0.2) is 0 Å². The first-order valence-electron chi connectivity index (χ1n) is 4.63. The van der Waals surface area contributed by atoms with Gasteiger partial charge in [-0.2, -0.15) is 13.2 Å². The molecule has 3 nitrogen and oxygen atoms in total. The van der Waals surface area contributed by atoms with Crippen molar-refractivity contribution < 1.29 is 13.2 Å². The quantitative estimate of drug-likeness (QED) is 0.812. The standard InChI is InChI=1S/C8H9ClF3N3/c9-7-14-13-6(5-1-2-5)15(7)4-3-8(10,11)12/h5H,1-4H2. The first kappa shape index (κ1) is 10.7. The Morgan fingerprint density at radius 2 is 2.00 bits per heavy atom. The van der Waals surface area contributed by atoms with Gasteiger partial charge in [0, 0.05) is 12.5 Å². The van der Waals surface area contributed by atoms with E-state index in [1.54, 1.807) is 0 Å². The lowest BCUT2D eigenvalue weighted by atomic mass is 10.3. The van der Waals surface area contributed by atoms with E-state index >= 15 is 0 Å². The second-order valence-electron chi connectivity index (χ2n) is 3.62. The molecule has 1 aromatic heterocycles. The Balaban J connectivity index is 2.09. The van der Waals surface area contributed by atoms with Crippen LogP contribution in [-0.4, -0.2) is 20.9 Å². The van der Waals surface area contributed by atoms with Crippen LogP contribution in [0.1, 0.15) is 31.0 Å². The maximum atomic E-state index is 12.0. The maximum absolute atomic E-state index is 12.0. The molecular weight excluding hydrogens is 231 g/mol. The summed E-state index contributed by atoms with van der Waals surface area (Å²) in [5, 5.41) is 7.42. The van der Waals surface area contributed by atoms with Crippen molar-refractivity contribution in [1.82, 2.24) is 14.8 Å². The fourth-order valence-corrected chi connectivity index (χ4v) is 1.59. The number of hydrogen-bond donors (Lipinski definition) is 0. The lowest BCUT2D eigenvalue weighted by molar-refractivity contribution is -0.136. The van der Waals surface area contributed by atoms with Crippen molar-refractivity contribution in [3.05, 3.63) is 11.1 Å². The van der Waals surface area contributed by atoms with Crippen molar-refractivity contribution in [1.29, 1.82) is 0 Å². The Morgan fingerprint density at radius 3 is 2.53 bits per heavy atom. The minimum absolute atomic E-state index is 0.0427. The van der Waals surface area contributed by atoms with Crippen molar-refractivity contribution in [3.8, 4) is 0 Å². The Kier molecular flexibility index (Phi) is 2.62. The summed E-state index contributed by atoms with van der Waals surface area (Å²) in [7, 11) is 0. The van der Waals surface area contributed by atoms with E-state index in [4.69, 9.17) is 11.6 Å². The first-order chi connectivity index (χ1) is 6.97. The number of alkyl halides is 3. The fraction of sp³-hybridized carbons (Fsp3) is 0.750. The lowest BCUT2D eigenvalue weighted by Gasteiger charge is -2.09. The van der Waals surface area contributed by atoms with Crippen LogP contribution < -0.4 is 0 Å². The van der Waals surface area contributed by atoms with Crippen LogP contribution in [0.4, 0.5) is 13.2 Å². The Labute approximate surface area is 89.2 Å². The molecule has 0 aliphatic heterocycles. The van der Waals surface area contributed by atoms with Crippen LogP contribution >= 0.6 is 11.6 Å². The van der Waals surface area contributed by atoms with Gasteiger partial charge in [-0.15, -0.1) is 10.2 Å². The molecule has 0 N–H and O–H groups in total. The molecule has 1 aliphatic carbocycles. The van der Waals surface area contributed by atoms with Gasteiger partial charge in [-0.25, -0.2) is 0 Å². The van der Waals surface area contributed by atoms with E-state index in [-0.39, 0.29) is 17.7 Å². The van der Waals surface area contributed by atoms with Gasteiger partial charge in [-0.1, -0.05) is 0 Å². The van der Waals surface area contributed by atoms with Gasteiger partial charge in [-0.3, -0.25) is 0 Å². The third-order valence-electron chi connectivity index (χ3n) is 2.30. The minimum Gasteiger partial charge on any atom is -0.301 e. The van der Waals surface area contributed by atoms with E-state index in [1.807, 2.05) is 0 Å². The third-order valence-corrected chi connectivity index (χ3v) is 2.58. The molecule has 2 rings (SSSR count). The Hall–Kier alpha value is -0.780. The van der Waals surface area contributed by atoms with Crippen LogP contribution in [0.2, 0.25) is 5.28 Å². The Morgan fingerprint density at radius 1 is 1.33 bits per heavy atom. The van der Waals surface area contributed by atoms with Crippen LogP contribution in [0, 0.1) is 0 Å². The first-order valence-corrected chi connectivity index (χ1v) is 5.00. The zero-order valence-electron chi connectivity index (χ0n) is 7.76. The molecule has 0 amide bonds. The minimum atomic E-state index is -4.17. The molecule has 1 fully saturated rings. The fourth-order valence-electron chi connectivity index (χ4n) is 1.38. The molecule has 0 aromatic carbocycles. The van der Waals surface area contributed by atoms with Crippen molar-refractivity contribution in [3.63, 3.8) is 0 Å². The van der Waals surface area contributed by atoms with Crippen molar-refractivity contribution >= 4 is 11.6 Å². The highest BCUT2D eigenvalue weighted by atomic mass is 35.5. The summed E-state index contributed by atoms with van der Waals surface area (Å²) in [5.74, 6) is 0.836. The highest BCUT2D eigenvalue weighted by molar-refractivity contribution is 6.28. The zero-order valence-corrected chi connectivity index (χ0v) is 8.52. The number of aromatic nitrogens is 3. The summed E-state index contributed by atoms with van der Waals surface area (Å²) in [5.41, 5.74) is 0. The molecule has 0 radical (unpaired) electrons. The summed E-state index contributed by atoms with van der Waals surface area (Å²) < 4.78 is 37.4. The second kappa shape index (κ2) is 3.66. The smallest absolute Gasteiger partial charge is 0.301 e. The number of nitrogens with zero attached hydrogens (tertiary/aromatic N) is 3. The summed E-state index contributed by atoms with van der Waals surface area (Å²) >= 11 is 5.67. The van der Waals surface area contributed by atoms with Gasteiger partial charge < -0.3 is 4.57 Å². The molecule has 84 valence electrons. The molecule has 0 bridgehead atoms. The SMILES string of the molecule is FC(F)(F)CCn1c(Cl)nnc1C1CC1. The molecule has 0 unspecified atom stereocenters. The molecule has 1 saturated carbocycles. The van der Waals surface area contributed by atoms with Crippen LogP contribution in [0.25, 0.3) is 0 Å². The predicted molar refractivity (Wildman–Crippen MR) is 47.7 cm³/mol. The molecule has 15 heavy (non-hydrogen) atoms. The van der Waals surface area contributed by atoms with Gasteiger partial charge in [0.2, 0.25) is 5.28 Å². The van der Waals surface area contributed by atoms with Gasteiger partial charge in [0.05, 0.1) is 6.42 Å². The highest BCUT2D eigenvalue weighted by Crippen LogP contribution is 2.39. The van der Waals surface area contributed by atoms with E-state index < -0.39 is 12.6 Å². The van der Waals surface area contributed by atoms with E-state index in [1.165, 1.54) is 4.57 Å². The molecule has 0 spiro atoms. The monoisotopic (exact) mass is 239 g/mol. The van der Waals surface area contributed by atoms with Gasteiger partial charge in [-0.05, 0) is 24.4 Å². The third kappa shape index (κ3) is 2.62. The van der Waals surface area contributed by atoms with Crippen LogP contribution in [0.3, 0.4) is 0 Å². The summed E-state index contributed by atoms with van der Waals surface area (Å²) in [6, 6.07) is 0. The summed E-state index contributed by atoms with van der Waals surface area (Å²) in [6.45, 7) is -0.193. The van der Waals surface area contributed by atoms with E-state index in [0.29, 0.717) is 5.82 Å². The van der Waals surface area contributed by atoms with Crippen LogP contribution in [-0.2, 0) is 6.54 Å². The highest BCUT2D eigenvalue weighted by Gasteiger charge is 2.32. The largest absolute Gasteiger partial charge is 0.390 e. The number of rotatable bonds is 3. The van der Waals surface area contributed by atoms with Crippen molar-refractivity contribution in [2.45, 2.75) is 37.9 Å². The van der Waals surface area contributed by atoms with Crippen molar-refractivity contribution in [2.75, 3.05) is 0 Å². The second-order valence-corrected chi connectivity index (χ2v) is 3.96. The lowest BCUT2D eigenvalue weighted by Crippen LogP contribution is -2.13. The molecule has 1 aromatic rings. The van der Waals surface area contributed by atoms with Crippen molar-refractivity contribution in [2.24, 2.45) is 0 Å². The average molecular weight is 240 g/mol. The van der Waals surface area contributed by atoms with E-state index in [9.17, 15) is 13.2 Å². The van der Waals surface area contributed by atoms with Gasteiger partial charge >= 0.3 is 6.18 Å². The van der Waals surface area contributed by atoms with E-state index in [0.717, 1.165) is 12.8 Å². The molecule has 1 aliphatic rings. The molecular formula is C8H9ClF3N3. The normalized spacial score (nSPS) is 17.1. The maximum Gasteiger partial charge on any atom is 0.390 e. The van der Waals surface area contributed by atoms with Crippen LogP contribution in [0.5, 0.6) is 0 Å². The number of hydrogen-bond acceptors (Lipinski definition) is 2. The molecule has 7 heteroatoms. The predicted octanol–water partition coefficient (Wildman–Crippen LogP) is 2.76. The zero-order chi connectivity index (χ0) is 11.1. The summed E-state index contributed by atoms with van der Waals surface area (Å²) in [6.07, 6.45) is -3.15. The van der Waals surface area contributed by atoms with Gasteiger partial charge in [0.15, 0.2) is 0 Å². The summed E-state index contributed by atoms with van der Waals surface area (Å²) in [4.78, 5) is 0. The van der Waals surface area contributed by atoms with E-state index in [2.05, 4.69) is 10.2 Å². The molecule has 0 atom stereocenters. The molecule has 0 saturated heterocycles. The van der Waals surface area contributed by atoms with Gasteiger partial charge in [0.1, 0.15) is 5.82 Å². The topological polar surface area (TPSA) is 30.7 Å². The average Bonchev–Trinajstić information content (AvgIpc) is 2.87. The number of halogens is 4. The van der Waals surface area contributed by atoms with Gasteiger partial charge in [0.25, 0.3) is 0 Å². The molecule has 1 heterocycles. The Bertz CT molecular complexity index is 357.